The van der Waals surface area contributed by atoms with Crippen molar-refractivity contribution in [1.82, 2.24) is 5.32 Å². The van der Waals surface area contributed by atoms with E-state index >= 15 is 0 Å². The number of furan rings is 1. The summed E-state index contributed by atoms with van der Waals surface area (Å²) in [6.07, 6.45) is 0.192. The lowest BCUT2D eigenvalue weighted by Crippen LogP contribution is -2.21. The molecular formula is C15H19NO4. The van der Waals surface area contributed by atoms with Crippen LogP contribution in [0.1, 0.15) is 30.0 Å². The topological polar surface area (TPSA) is 71.7 Å². The highest BCUT2D eigenvalue weighted by atomic mass is 16.5. The maximum atomic E-state index is 11.4. The van der Waals surface area contributed by atoms with Gasteiger partial charge in [0.2, 0.25) is 0 Å². The highest BCUT2D eigenvalue weighted by molar-refractivity contribution is 6.03. The number of para-hydroxylation sites is 1. The lowest BCUT2D eigenvalue weighted by molar-refractivity contribution is 0.0696. The van der Waals surface area contributed by atoms with Gasteiger partial charge in [0.1, 0.15) is 16.9 Å². The average Bonchev–Trinajstić information content (AvgIpc) is 2.76. The summed E-state index contributed by atoms with van der Waals surface area (Å²) in [4.78, 5) is 11.4. The van der Waals surface area contributed by atoms with Gasteiger partial charge < -0.3 is 19.6 Å². The maximum absolute atomic E-state index is 11.4. The summed E-state index contributed by atoms with van der Waals surface area (Å²) >= 11 is 0. The van der Waals surface area contributed by atoms with Gasteiger partial charge in [-0.05, 0) is 19.9 Å². The van der Waals surface area contributed by atoms with Gasteiger partial charge in [-0.25, -0.2) is 4.79 Å². The second kappa shape index (κ2) is 6.54. The van der Waals surface area contributed by atoms with Crippen LogP contribution in [-0.4, -0.2) is 30.3 Å². The fraction of sp³-hybridized carbons (Fsp3) is 0.400. The molecule has 1 aromatic carbocycles. The summed E-state index contributed by atoms with van der Waals surface area (Å²) in [7, 11) is 0. The first-order chi connectivity index (χ1) is 9.59. The highest BCUT2D eigenvalue weighted by Gasteiger charge is 2.19. The van der Waals surface area contributed by atoms with Crippen LogP contribution in [0.2, 0.25) is 0 Å². The predicted molar refractivity (Wildman–Crippen MR) is 76.0 cm³/mol. The highest BCUT2D eigenvalue weighted by Crippen LogP contribution is 2.25. The van der Waals surface area contributed by atoms with Crippen molar-refractivity contribution in [2.45, 2.75) is 26.5 Å². The summed E-state index contributed by atoms with van der Waals surface area (Å²) in [5, 5.41) is 13.1. The van der Waals surface area contributed by atoms with Crippen molar-refractivity contribution in [3.05, 3.63) is 35.6 Å². The monoisotopic (exact) mass is 277 g/mol. The summed E-state index contributed by atoms with van der Waals surface area (Å²) in [6, 6.07) is 7.16. The van der Waals surface area contributed by atoms with Crippen LogP contribution in [0.4, 0.5) is 0 Å². The van der Waals surface area contributed by atoms with Crippen LogP contribution in [-0.2, 0) is 11.3 Å². The molecule has 2 N–H and O–H groups in total. The van der Waals surface area contributed by atoms with Crippen LogP contribution >= 0.6 is 0 Å². The van der Waals surface area contributed by atoms with Crippen molar-refractivity contribution in [1.29, 1.82) is 0 Å². The number of carboxylic acid groups (broad SMARTS) is 1. The Morgan fingerprint density at radius 2 is 2.15 bits per heavy atom. The fourth-order valence-corrected chi connectivity index (χ4v) is 2.02. The van der Waals surface area contributed by atoms with Crippen LogP contribution in [0.5, 0.6) is 0 Å². The maximum Gasteiger partial charge on any atom is 0.339 e. The van der Waals surface area contributed by atoms with Gasteiger partial charge in [0, 0.05) is 11.9 Å². The van der Waals surface area contributed by atoms with E-state index in [1.54, 1.807) is 18.2 Å². The fourth-order valence-electron chi connectivity index (χ4n) is 2.02. The third kappa shape index (κ3) is 3.37. The third-order valence-electron chi connectivity index (χ3n) is 2.90. The summed E-state index contributed by atoms with van der Waals surface area (Å²) in [5.74, 6) is -0.520. The van der Waals surface area contributed by atoms with E-state index in [4.69, 9.17) is 9.15 Å². The zero-order chi connectivity index (χ0) is 14.5. The van der Waals surface area contributed by atoms with Crippen molar-refractivity contribution in [2.75, 3.05) is 13.2 Å². The van der Waals surface area contributed by atoms with E-state index in [2.05, 4.69) is 5.32 Å². The van der Waals surface area contributed by atoms with Gasteiger partial charge in [0.05, 0.1) is 19.3 Å². The molecule has 2 aromatic rings. The van der Waals surface area contributed by atoms with Crippen LogP contribution in [0, 0.1) is 0 Å². The minimum Gasteiger partial charge on any atom is -0.478 e. The molecule has 0 aliphatic heterocycles. The number of rotatable bonds is 7. The van der Waals surface area contributed by atoms with Crippen molar-refractivity contribution in [3.63, 3.8) is 0 Å². The normalized spacial score (nSPS) is 11.3. The Morgan fingerprint density at radius 1 is 1.40 bits per heavy atom. The zero-order valence-corrected chi connectivity index (χ0v) is 11.7. The van der Waals surface area contributed by atoms with Crippen molar-refractivity contribution in [2.24, 2.45) is 0 Å². The first-order valence-corrected chi connectivity index (χ1v) is 6.65. The number of ether oxygens (including phenoxy) is 1. The second-order valence-corrected chi connectivity index (χ2v) is 4.80. The molecule has 0 saturated carbocycles. The van der Waals surface area contributed by atoms with Crippen LogP contribution < -0.4 is 5.32 Å². The molecule has 108 valence electrons. The van der Waals surface area contributed by atoms with Gasteiger partial charge in [-0.1, -0.05) is 18.2 Å². The van der Waals surface area contributed by atoms with Gasteiger partial charge in [-0.2, -0.15) is 0 Å². The van der Waals surface area contributed by atoms with Gasteiger partial charge in [-0.15, -0.1) is 0 Å². The molecule has 5 heteroatoms. The van der Waals surface area contributed by atoms with Crippen LogP contribution in [0.15, 0.2) is 28.7 Å². The third-order valence-corrected chi connectivity index (χ3v) is 2.90. The van der Waals surface area contributed by atoms with E-state index in [0.717, 1.165) is 0 Å². The van der Waals surface area contributed by atoms with E-state index in [-0.39, 0.29) is 11.7 Å². The summed E-state index contributed by atoms with van der Waals surface area (Å²) < 4.78 is 11.0. The van der Waals surface area contributed by atoms with Gasteiger partial charge >= 0.3 is 5.97 Å². The molecule has 20 heavy (non-hydrogen) atoms. The van der Waals surface area contributed by atoms with Crippen LogP contribution in [0.3, 0.4) is 0 Å². The lowest BCUT2D eigenvalue weighted by atomic mass is 10.1. The van der Waals surface area contributed by atoms with E-state index in [0.29, 0.717) is 36.4 Å². The molecule has 0 aliphatic rings. The van der Waals surface area contributed by atoms with E-state index < -0.39 is 5.97 Å². The molecule has 0 bridgehead atoms. The number of carboxylic acids is 1. The smallest absolute Gasteiger partial charge is 0.339 e. The molecule has 5 nitrogen and oxygen atoms in total. The Hall–Kier alpha value is -1.85. The minimum absolute atomic E-state index is 0.192. The Kier molecular flexibility index (Phi) is 4.76. The number of hydrogen-bond donors (Lipinski definition) is 2. The number of nitrogens with one attached hydrogen (secondary N) is 1. The standard InChI is InChI=1S/C15H19NO4/c1-10(2)19-8-7-16-9-13-14(15(17)18)11-5-3-4-6-12(11)20-13/h3-6,10,16H,7-9H2,1-2H3,(H,17,18). The molecule has 0 atom stereocenters. The predicted octanol–water partition coefficient (Wildman–Crippen LogP) is 2.65. The summed E-state index contributed by atoms with van der Waals surface area (Å²) in [6.45, 7) is 5.55. The van der Waals surface area contributed by atoms with Gasteiger partial charge in [0.25, 0.3) is 0 Å². The summed E-state index contributed by atoms with van der Waals surface area (Å²) in [5.41, 5.74) is 0.831. The molecule has 2 rings (SSSR count). The number of carbonyl (C=O) groups is 1. The molecule has 0 aliphatic carbocycles. The molecule has 0 amide bonds. The molecule has 0 unspecified atom stereocenters. The lowest BCUT2D eigenvalue weighted by Gasteiger charge is -2.07. The second-order valence-electron chi connectivity index (χ2n) is 4.80. The Balaban J connectivity index is 2.06. The molecule has 0 fully saturated rings. The van der Waals surface area contributed by atoms with Gasteiger partial charge in [-0.3, -0.25) is 0 Å². The van der Waals surface area contributed by atoms with E-state index in [1.165, 1.54) is 0 Å². The van der Waals surface area contributed by atoms with E-state index in [9.17, 15) is 9.90 Å². The van der Waals surface area contributed by atoms with Gasteiger partial charge in [0.15, 0.2) is 0 Å². The molecule has 1 aromatic heterocycles. The molecule has 0 saturated heterocycles. The molecule has 0 radical (unpaired) electrons. The largest absolute Gasteiger partial charge is 0.478 e. The zero-order valence-electron chi connectivity index (χ0n) is 11.7. The van der Waals surface area contributed by atoms with Crippen molar-refractivity contribution >= 4 is 16.9 Å². The SMILES string of the molecule is CC(C)OCCNCc1oc2ccccc2c1C(=O)O. The first-order valence-electron chi connectivity index (χ1n) is 6.65. The first kappa shape index (κ1) is 14.6. The van der Waals surface area contributed by atoms with Crippen LogP contribution in [0.25, 0.3) is 11.0 Å². The number of hydrogen-bond acceptors (Lipinski definition) is 4. The van der Waals surface area contributed by atoms with Crippen molar-refractivity contribution in [3.8, 4) is 0 Å². The average molecular weight is 277 g/mol. The minimum atomic E-state index is -0.967. The van der Waals surface area contributed by atoms with Crippen molar-refractivity contribution < 1.29 is 19.1 Å². The Bertz CT molecular complexity index is 589. The number of fused-ring (bicyclic) bond motifs is 1. The number of aromatic carboxylic acids is 1. The molecular weight excluding hydrogens is 258 g/mol. The molecule has 0 spiro atoms. The number of benzene rings is 1. The quantitative estimate of drug-likeness (QED) is 0.761. The Labute approximate surface area is 117 Å². The molecule has 1 heterocycles. The Morgan fingerprint density at radius 3 is 2.85 bits per heavy atom. The van der Waals surface area contributed by atoms with E-state index in [1.807, 2.05) is 19.9 Å².